The van der Waals surface area contributed by atoms with E-state index in [1.807, 2.05) is 12.1 Å². The molecule has 1 aromatic carbocycles. The number of nitrogens with zero attached hydrogens (tertiary/aromatic N) is 1. The number of carbonyl (C=O) groups excluding carboxylic acids is 1. The van der Waals surface area contributed by atoms with Gasteiger partial charge in [0.15, 0.2) is 9.84 Å². The van der Waals surface area contributed by atoms with Gasteiger partial charge in [0.25, 0.3) is 0 Å². The predicted molar refractivity (Wildman–Crippen MR) is 81.1 cm³/mol. The standard InChI is InChI=1S/C15H20N2O4S/c1-22(19,20)14-4-2-11(3-5-14)6-17-7-12-9-21-10-13(8-17)16-15(12)18/h2-5,12-13H,6-10H2,1H3,(H,16,18)/t12-,13+/m1/s1. The summed E-state index contributed by atoms with van der Waals surface area (Å²) in [5.41, 5.74) is 1.04. The highest BCUT2D eigenvalue weighted by Crippen LogP contribution is 2.17. The summed E-state index contributed by atoms with van der Waals surface area (Å²) in [5.74, 6) is -0.0692. The molecule has 2 heterocycles. The fourth-order valence-corrected chi connectivity index (χ4v) is 3.58. The lowest BCUT2D eigenvalue weighted by Crippen LogP contribution is -2.41. The van der Waals surface area contributed by atoms with Gasteiger partial charge >= 0.3 is 0 Å². The van der Waals surface area contributed by atoms with Crippen molar-refractivity contribution in [2.24, 2.45) is 5.92 Å². The summed E-state index contributed by atoms with van der Waals surface area (Å²) in [6.45, 7) is 3.12. The molecular weight excluding hydrogens is 304 g/mol. The number of fused-ring (bicyclic) bond motifs is 3. The van der Waals surface area contributed by atoms with E-state index in [4.69, 9.17) is 4.74 Å². The molecule has 6 nitrogen and oxygen atoms in total. The smallest absolute Gasteiger partial charge is 0.227 e. The number of benzene rings is 1. The van der Waals surface area contributed by atoms with Crippen LogP contribution in [0.15, 0.2) is 29.2 Å². The summed E-state index contributed by atoms with van der Waals surface area (Å²) < 4.78 is 28.5. The van der Waals surface area contributed by atoms with Gasteiger partial charge in [-0.3, -0.25) is 9.69 Å². The van der Waals surface area contributed by atoms with E-state index in [-0.39, 0.29) is 17.9 Å². The molecule has 2 bridgehead atoms. The van der Waals surface area contributed by atoms with Gasteiger partial charge in [0.1, 0.15) is 0 Å². The van der Waals surface area contributed by atoms with Crippen molar-refractivity contribution in [2.75, 3.05) is 32.6 Å². The van der Waals surface area contributed by atoms with Crippen molar-refractivity contribution >= 4 is 15.7 Å². The van der Waals surface area contributed by atoms with Crippen molar-refractivity contribution in [1.82, 2.24) is 10.2 Å². The Labute approximate surface area is 130 Å². The largest absolute Gasteiger partial charge is 0.378 e. The molecule has 0 aliphatic carbocycles. The Kier molecular flexibility index (Phi) is 4.20. The second-order valence-electron chi connectivity index (χ2n) is 6.05. The summed E-state index contributed by atoms with van der Waals surface area (Å²) in [4.78, 5) is 14.5. The molecule has 3 rings (SSSR count). The highest BCUT2D eigenvalue weighted by molar-refractivity contribution is 7.90. The minimum absolute atomic E-state index is 0.0234. The summed E-state index contributed by atoms with van der Waals surface area (Å²) in [6, 6.07) is 6.97. The molecule has 2 atom stereocenters. The topological polar surface area (TPSA) is 75.7 Å². The minimum atomic E-state index is -3.16. The Balaban J connectivity index is 1.72. The van der Waals surface area contributed by atoms with Gasteiger partial charge in [-0.2, -0.15) is 0 Å². The van der Waals surface area contributed by atoms with Gasteiger partial charge in [-0.05, 0) is 17.7 Å². The third-order valence-electron chi connectivity index (χ3n) is 4.07. The molecule has 1 amide bonds. The second-order valence-corrected chi connectivity index (χ2v) is 8.07. The summed E-state index contributed by atoms with van der Waals surface area (Å²) >= 11 is 0. The Morgan fingerprint density at radius 1 is 1.23 bits per heavy atom. The quantitative estimate of drug-likeness (QED) is 0.849. The van der Waals surface area contributed by atoms with Crippen LogP contribution in [0.4, 0.5) is 0 Å². The average molecular weight is 324 g/mol. The molecule has 0 radical (unpaired) electrons. The van der Waals surface area contributed by atoms with Crippen LogP contribution < -0.4 is 5.32 Å². The maximum atomic E-state index is 12.0. The molecule has 2 aliphatic heterocycles. The predicted octanol–water partition coefficient (Wildman–Crippen LogP) is 0.0369. The van der Waals surface area contributed by atoms with Crippen molar-refractivity contribution in [2.45, 2.75) is 17.5 Å². The normalized spacial score (nSPS) is 26.3. The van der Waals surface area contributed by atoms with E-state index < -0.39 is 9.84 Å². The van der Waals surface area contributed by atoms with Crippen LogP contribution in [0.1, 0.15) is 5.56 Å². The average Bonchev–Trinajstić information content (AvgIpc) is 2.67. The number of hydrogen-bond donors (Lipinski definition) is 1. The fraction of sp³-hybridized carbons (Fsp3) is 0.533. The van der Waals surface area contributed by atoms with Crippen molar-refractivity contribution in [3.8, 4) is 0 Å². The lowest BCUT2D eigenvalue weighted by atomic mass is 10.1. The molecule has 2 saturated heterocycles. The Morgan fingerprint density at radius 2 is 1.95 bits per heavy atom. The maximum Gasteiger partial charge on any atom is 0.227 e. The van der Waals surface area contributed by atoms with Crippen LogP contribution in [-0.4, -0.2) is 57.8 Å². The molecule has 0 aromatic heterocycles. The van der Waals surface area contributed by atoms with Gasteiger partial charge < -0.3 is 10.1 Å². The first kappa shape index (κ1) is 15.5. The molecular formula is C15H20N2O4S. The van der Waals surface area contributed by atoms with Crippen LogP contribution in [0.2, 0.25) is 0 Å². The van der Waals surface area contributed by atoms with Gasteiger partial charge in [0.2, 0.25) is 5.91 Å². The highest BCUT2D eigenvalue weighted by atomic mass is 32.2. The molecule has 120 valence electrons. The zero-order valence-corrected chi connectivity index (χ0v) is 13.3. The third kappa shape index (κ3) is 3.48. The fourth-order valence-electron chi connectivity index (χ4n) is 2.95. The molecule has 2 aliphatic rings. The zero-order valence-electron chi connectivity index (χ0n) is 12.5. The van der Waals surface area contributed by atoms with Gasteiger partial charge in [0, 0.05) is 25.9 Å². The Hall–Kier alpha value is -1.44. The number of rotatable bonds is 3. The van der Waals surface area contributed by atoms with Crippen LogP contribution in [0, 0.1) is 5.92 Å². The third-order valence-corrected chi connectivity index (χ3v) is 5.20. The molecule has 1 aromatic rings. The first-order chi connectivity index (χ1) is 10.4. The zero-order chi connectivity index (χ0) is 15.7. The van der Waals surface area contributed by atoms with Crippen molar-refractivity contribution in [3.05, 3.63) is 29.8 Å². The maximum absolute atomic E-state index is 12.0. The minimum Gasteiger partial charge on any atom is -0.378 e. The summed E-state index contributed by atoms with van der Waals surface area (Å²) in [7, 11) is -3.16. The summed E-state index contributed by atoms with van der Waals surface area (Å²) in [5, 5.41) is 3.00. The van der Waals surface area contributed by atoms with E-state index in [0.717, 1.165) is 12.1 Å². The molecule has 2 fully saturated rings. The van der Waals surface area contributed by atoms with Crippen LogP contribution in [0.5, 0.6) is 0 Å². The number of sulfone groups is 1. The van der Waals surface area contributed by atoms with E-state index >= 15 is 0 Å². The van der Waals surface area contributed by atoms with Gasteiger partial charge in [-0.25, -0.2) is 8.42 Å². The van der Waals surface area contributed by atoms with Crippen LogP contribution in [0.25, 0.3) is 0 Å². The first-order valence-corrected chi connectivity index (χ1v) is 9.20. The SMILES string of the molecule is CS(=O)(=O)c1ccc(CN2C[C@H]3COC[C@@H](C2)C(=O)N3)cc1. The molecule has 0 unspecified atom stereocenters. The molecule has 7 heteroatoms. The van der Waals surface area contributed by atoms with Gasteiger partial charge in [-0.1, -0.05) is 12.1 Å². The van der Waals surface area contributed by atoms with Crippen molar-refractivity contribution in [1.29, 1.82) is 0 Å². The van der Waals surface area contributed by atoms with Crippen molar-refractivity contribution in [3.63, 3.8) is 0 Å². The Morgan fingerprint density at radius 3 is 2.64 bits per heavy atom. The van der Waals surface area contributed by atoms with Gasteiger partial charge in [-0.15, -0.1) is 0 Å². The van der Waals surface area contributed by atoms with Crippen LogP contribution >= 0.6 is 0 Å². The summed E-state index contributed by atoms with van der Waals surface area (Å²) in [6.07, 6.45) is 1.20. The van der Waals surface area contributed by atoms with Crippen LogP contribution in [-0.2, 0) is 25.9 Å². The number of ether oxygens (including phenoxy) is 1. The highest BCUT2D eigenvalue weighted by Gasteiger charge is 2.33. The molecule has 0 saturated carbocycles. The number of hydrogen-bond acceptors (Lipinski definition) is 5. The first-order valence-electron chi connectivity index (χ1n) is 7.31. The van der Waals surface area contributed by atoms with Gasteiger partial charge in [0.05, 0.1) is 30.1 Å². The van der Waals surface area contributed by atoms with E-state index in [2.05, 4.69) is 10.2 Å². The number of amides is 1. The Bertz CT molecular complexity index is 657. The molecule has 0 spiro atoms. The molecule has 1 N–H and O–H groups in total. The lowest BCUT2D eigenvalue weighted by molar-refractivity contribution is -0.125. The van der Waals surface area contributed by atoms with E-state index in [0.29, 0.717) is 31.2 Å². The number of nitrogens with one attached hydrogen (secondary N) is 1. The van der Waals surface area contributed by atoms with Crippen LogP contribution in [0.3, 0.4) is 0 Å². The van der Waals surface area contributed by atoms with E-state index in [1.54, 1.807) is 12.1 Å². The monoisotopic (exact) mass is 324 g/mol. The van der Waals surface area contributed by atoms with E-state index in [1.165, 1.54) is 6.26 Å². The lowest BCUT2D eigenvalue weighted by Gasteiger charge is -2.27. The second kappa shape index (κ2) is 5.98. The number of carbonyl (C=O) groups is 1. The molecule has 22 heavy (non-hydrogen) atoms. The van der Waals surface area contributed by atoms with Crippen molar-refractivity contribution < 1.29 is 17.9 Å². The van der Waals surface area contributed by atoms with E-state index in [9.17, 15) is 13.2 Å².